The number of benzene rings is 3. The zero-order valence-corrected chi connectivity index (χ0v) is 18.7. The normalized spacial score (nSPS) is 10.5. The summed E-state index contributed by atoms with van der Waals surface area (Å²) in [5.74, 6) is 0.715. The Bertz CT molecular complexity index is 1130. The van der Waals surface area contributed by atoms with Crippen molar-refractivity contribution < 1.29 is 28.5 Å². The van der Waals surface area contributed by atoms with Crippen LogP contribution in [0.2, 0.25) is 5.02 Å². The number of methoxy groups -OCH3 is 2. The van der Waals surface area contributed by atoms with Gasteiger partial charge in [0.2, 0.25) is 0 Å². The number of halogens is 1. The molecule has 8 nitrogen and oxygen atoms in total. The van der Waals surface area contributed by atoms with Gasteiger partial charge in [-0.25, -0.2) is 10.2 Å². The maximum atomic E-state index is 12.5. The highest BCUT2D eigenvalue weighted by molar-refractivity contribution is 6.30. The second-order valence-electron chi connectivity index (χ2n) is 6.56. The van der Waals surface area contributed by atoms with Gasteiger partial charge in [0, 0.05) is 5.02 Å². The molecule has 0 saturated heterocycles. The fourth-order valence-electron chi connectivity index (χ4n) is 2.63. The van der Waals surface area contributed by atoms with Gasteiger partial charge in [-0.1, -0.05) is 11.6 Å². The summed E-state index contributed by atoms with van der Waals surface area (Å²) in [5.41, 5.74) is 3.29. The molecule has 1 N–H and O–H groups in total. The average molecular weight is 469 g/mol. The van der Waals surface area contributed by atoms with Gasteiger partial charge in [-0.05, 0) is 72.3 Å². The van der Waals surface area contributed by atoms with E-state index in [1.807, 2.05) is 0 Å². The van der Waals surface area contributed by atoms with Gasteiger partial charge in [-0.15, -0.1) is 0 Å². The van der Waals surface area contributed by atoms with Crippen LogP contribution in [0.4, 0.5) is 0 Å². The maximum Gasteiger partial charge on any atom is 0.343 e. The molecule has 0 fully saturated rings. The van der Waals surface area contributed by atoms with Crippen molar-refractivity contribution in [3.05, 3.63) is 82.9 Å². The van der Waals surface area contributed by atoms with Crippen molar-refractivity contribution in [1.29, 1.82) is 0 Å². The zero-order valence-electron chi connectivity index (χ0n) is 17.9. The summed E-state index contributed by atoms with van der Waals surface area (Å²) >= 11 is 5.81. The lowest BCUT2D eigenvalue weighted by atomic mass is 10.2. The fraction of sp³-hybridized carbons (Fsp3) is 0.125. The molecule has 0 spiro atoms. The molecule has 3 aromatic rings. The van der Waals surface area contributed by atoms with Gasteiger partial charge in [-0.2, -0.15) is 5.10 Å². The molecule has 0 heterocycles. The Labute approximate surface area is 195 Å². The molecule has 0 radical (unpaired) electrons. The van der Waals surface area contributed by atoms with Crippen LogP contribution < -0.4 is 24.4 Å². The van der Waals surface area contributed by atoms with Gasteiger partial charge in [0.1, 0.15) is 11.5 Å². The lowest BCUT2D eigenvalue weighted by Gasteiger charge is -2.10. The molecule has 3 aromatic carbocycles. The van der Waals surface area contributed by atoms with Crippen LogP contribution in [0.5, 0.6) is 23.0 Å². The number of rotatable bonds is 9. The molecule has 0 unspecified atom stereocenters. The molecule has 0 bridgehead atoms. The highest BCUT2D eigenvalue weighted by Gasteiger charge is 2.13. The Hall–Kier alpha value is -4.04. The van der Waals surface area contributed by atoms with E-state index >= 15 is 0 Å². The second-order valence-corrected chi connectivity index (χ2v) is 7.00. The molecule has 170 valence electrons. The molecule has 33 heavy (non-hydrogen) atoms. The molecule has 3 rings (SSSR count). The van der Waals surface area contributed by atoms with Crippen LogP contribution in [0.3, 0.4) is 0 Å². The highest BCUT2D eigenvalue weighted by atomic mass is 35.5. The van der Waals surface area contributed by atoms with Crippen LogP contribution in [0, 0.1) is 0 Å². The summed E-state index contributed by atoms with van der Waals surface area (Å²) in [6.45, 7) is -0.216. The standard InChI is InChI=1S/C24H21ClN2O6/c1-30-19-8-4-17(5-9-19)24(29)33-22-13-16(3-12-21(22)31-2)14-26-27-23(28)15-32-20-10-6-18(25)7-11-20/h3-14H,15H2,1-2H3,(H,27,28). The third-order valence-electron chi connectivity index (χ3n) is 4.30. The lowest BCUT2D eigenvalue weighted by Crippen LogP contribution is -2.24. The van der Waals surface area contributed by atoms with Crippen LogP contribution in [-0.2, 0) is 4.79 Å². The molecule has 1 amide bonds. The predicted octanol–water partition coefficient (Wildman–Crippen LogP) is 4.11. The second kappa shape index (κ2) is 11.5. The third-order valence-corrected chi connectivity index (χ3v) is 4.55. The summed E-state index contributed by atoms with van der Waals surface area (Å²) in [6, 6.07) is 18.1. The minimum Gasteiger partial charge on any atom is -0.497 e. The number of ether oxygens (including phenoxy) is 4. The number of amides is 1. The first-order chi connectivity index (χ1) is 16.0. The lowest BCUT2D eigenvalue weighted by molar-refractivity contribution is -0.123. The Kier molecular flexibility index (Phi) is 8.26. The van der Waals surface area contributed by atoms with Crippen molar-refractivity contribution in [3.63, 3.8) is 0 Å². The average Bonchev–Trinajstić information content (AvgIpc) is 2.84. The number of hydrazone groups is 1. The number of nitrogens with zero attached hydrogens (tertiary/aromatic N) is 1. The Morgan fingerprint density at radius 1 is 0.909 bits per heavy atom. The molecule has 0 atom stereocenters. The number of hydrogen-bond donors (Lipinski definition) is 1. The van der Waals surface area contributed by atoms with E-state index in [0.717, 1.165) is 0 Å². The van der Waals surface area contributed by atoms with E-state index in [0.29, 0.717) is 33.4 Å². The van der Waals surface area contributed by atoms with Crippen molar-refractivity contribution in [3.8, 4) is 23.0 Å². The number of carbonyl (C=O) groups is 2. The molecule has 0 aliphatic rings. The van der Waals surface area contributed by atoms with E-state index < -0.39 is 11.9 Å². The van der Waals surface area contributed by atoms with Crippen LogP contribution in [0.15, 0.2) is 71.8 Å². The summed E-state index contributed by atoms with van der Waals surface area (Å²) in [6.07, 6.45) is 1.41. The molecule has 0 aromatic heterocycles. The van der Waals surface area contributed by atoms with Gasteiger partial charge >= 0.3 is 5.97 Å². The minimum absolute atomic E-state index is 0.208. The monoisotopic (exact) mass is 468 g/mol. The van der Waals surface area contributed by atoms with Crippen molar-refractivity contribution >= 4 is 29.7 Å². The molecule has 0 saturated carbocycles. The first kappa shape index (κ1) is 23.6. The Morgan fingerprint density at radius 2 is 1.61 bits per heavy atom. The van der Waals surface area contributed by atoms with Gasteiger partial charge in [0.15, 0.2) is 18.1 Å². The first-order valence-corrected chi connectivity index (χ1v) is 10.1. The minimum atomic E-state index is -0.558. The number of nitrogens with one attached hydrogen (secondary N) is 1. The molecular formula is C24H21ClN2O6. The number of hydrogen-bond acceptors (Lipinski definition) is 7. The molecule has 0 aliphatic heterocycles. The molecule has 9 heteroatoms. The smallest absolute Gasteiger partial charge is 0.343 e. The van der Waals surface area contributed by atoms with E-state index in [1.54, 1.807) is 73.8 Å². The largest absolute Gasteiger partial charge is 0.497 e. The van der Waals surface area contributed by atoms with Crippen LogP contribution in [0.1, 0.15) is 15.9 Å². The number of esters is 1. The van der Waals surface area contributed by atoms with Crippen molar-refractivity contribution in [2.75, 3.05) is 20.8 Å². The van der Waals surface area contributed by atoms with Gasteiger partial charge in [-0.3, -0.25) is 4.79 Å². The fourth-order valence-corrected chi connectivity index (χ4v) is 2.76. The van der Waals surface area contributed by atoms with E-state index in [4.69, 9.17) is 30.5 Å². The van der Waals surface area contributed by atoms with Gasteiger partial charge in [0.05, 0.1) is 26.0 Å². The molecule has 0 aliphatic carbocycles. The summed E-state index contributed by atoms with van der Waals surface area (Å²) in [4.78, 5) is 24.4. The van der Waals surface area contributed by atoms with Gasteiger partial charge < -0.3 is 18.9 Å². The summed E-state index contributed by atoms with van der Waals surface area (Å²) in [7, 11) is 3.01. The summed E-state index contributed by atoms with van der Waals surface area (Å²) in [5, 5.41) is 4.47. The van der Waals surface area contributed by atoms with Crippen molar-refractivity contribution in [2.45, 2.75) is 0 Å². The third kappa shape index (κ3) is 6.98. The van der Waals surface area contributed by atoms with E-state index in [2.05, 4.69) is 10.5 Å². The van der Waals surface area contributed by atoms with Crippen molar-refractivity contribution in [1.82, 2.24) is 5.43 Å². The van der Waals surface area contributed by atoms with Crippen molar-refractivity contribution in [2.24, 2.45) is 5.10 Å². The molecular weight excluding hydrogens is 448 g/mol. The summed E-state index contributed by atoms with van der Waals surface area (Å²) < 4.78 is 21.2. The SMILES string of the molecule is COc1ccc(C(=O)Oc2cc(C=NNC(=O)COc3ccc(Cl)cc3)ccc2OC)cc1. The van der Waals surface area contributed by atoms with E-state index in [9.17, 15) is 9.59 Å². The van der Waals surface area contributed by atoms with Gasteiger partial charge in [0.25, 0.3) is 5.91 Å². The van der Waals surface area contributed by atoms with Crippen LogP contribution >= 0.6 is 11.6 Å². The van der Waals surface area contributed by atoms with Crippen LogP contribution in [-0.4, -0.2) is 38.9 Å². The van der Waals surface area contributed by atoms with E-state index in [1.165, 1.54) is 13.3 Å². The Balaban J connectivity index is 1.59. The Morgan fingerprint density at radius 3 is 2.27 bits per heavy atom. The zero-order chi connectivity index (χ0) is 23.6. The maximum absolute atomic E-state index is 12.5. The quantitative estimate of drug-likeness (QED) is 0.220. The highest BCUT2D eigenvalue weighted by Crippen LogP contribution is 2.28. The van der Waals surface area contributed by atoms with Crippen LogP contribution in [0.25, 0.3) is 0 Å². The predicted molar refractivity (Wildman–Crippen MR) is 124 cm³/mol. The topological polar surface area (TPSA) is 95.5 Å². The number of carbonyl (C=O) groups excluding carboxylic acids is 2. The first-order valence-electron chi connectivity index (χ1n) is 9.73. The van der Waals surface area contributed by atoms with E-state index in [-0.39, 0.29) is 12.4 Å².